The molecular formula is C50H100NO7P. The average Bonchev–Trinajstić information content (AvgIpc) is 3.23. The fourth-order valence-corrected chi connectivity index (χ4v) is 8.41. The quantitative estimate of drug-likeness (QED) is 0.0269. The van der Waals surface area contributed by atoms with Gasteiger partial charge >= 0.3 is 13.8 Å². The summed E-state index contributed by atoms with van der Waals surface area (Å²) >= 11 is 0. The van der Waals surface area contributed by atoms with Gasteiger partial charge in [-0.2, -0.15) is 0 Å². The highest BCUT2D eigenvalue weighted by Gasteiger charge is 2.25. The van der Waals surface area contributed by atoms with Crippen molar-refractivity contribution in [3.8, 4) is 0 Å². The third-order valence-corrected chi connectivity index (χ3v) is 12.4. The predicted octanol–water partition coefficient (Wildman–Crippen LogP) is 15.8. The van der Waals surface area contributed by atoms with E-state index in [4.69, 9.17) is 24.3 Å². The monoisotopic (exact) mass is 858 g/mol. The summed E-state index contributed by atoms with van der Waals surface area (Å²) in [5.41, 5.74) is 5.39. The topological polar surface area (TPSA) is 117 Å². The molecule has 0 amide bonds. The predicted molar refractivity (Wildman–Crippen MR) is 252 cm³/mol. The van der Waals surface area contributed by atoms with Crippen LogP contribution in [0.1, 0.15) is 264 Å². The zero-order valence-electron chi connectivity index (χ0n) is 39.3. The number of rotatable bonds is 50. The van der Waals surface area contributed by atoms with Crippen LogP contribution in [0.4, 0.5) is 0 Å². The Morgan fingerprint density at radius 2 is 0.847 bits per heavy atom. The lowest BCUT2D eigenvalue weighted by Crippen LogP contribution is -2.28. The zero-order valence-corrected chi connectivity index (χ0v) is 40.2. The third-order valence-electron chi connectivity index (χ3n) is 11.4. The number of unbranched alkanes of at least 4 members (excludes halogenated alkanes) is 35. The van der Waals surface area contributed by atoms with Crippen LogP contribution in [0.25, 0.3) is 0 Å². The lowest BCUT2D eigenvalue weighted by atomic mass is 10.0. The van der Waals surface area contributed by atoms with Gasteiger partial charge in [0, 0.05) is 19.6 Å². The summed E-state index contributed by atoms with van der Waals surface area (Å²) in [6, 6.07) is 0. The molecule has 0 fully saturated rings. The van der Waals surface area contributed by atoms with Crippen molar-refractivity contribution < 1.29 is 32.8 Å². The minimum Gasteiger partial charge on any atom is -0.457 e. The number of phosphoric ester groups is 1. The van der Waals surface area contributed by atoms with E-state index in [0.29, 0.717) is 13.0 Å². The Morgan fingerprint density at radius 3 is 1.24 bits per heavy atom. The molecule has 0 saturated heterocycles. The summed E-state index contributed by atoms with van der Waals surface area (Å²) in [7, 11) is -4.28. The van der Waals surface area contributed by atoms with Crippen molar-refractivity contribution in [1.82, 2.24) is 0 Å². The van der Waals surface area contributed by atoms with Crippen LogP contribution in [-0.2, 0) is 27.9 Å². The molecule has 0 aliphatic carbocycles. The van der Waals surface area contributed by atoms with E-state index in [0.717, 1.165) is 32.1 Å². The maximum absolute atomic E-state index is 12.6. The van der Waals surface area contributed by atoms with Crippen molar-refractivity contribution >= 4 is 13.8 Å². The van der Waals surface area contributed by atoms with Gasteiger partial charge in [0.1, 0.15) is 6.10 Å². The first-order valence-corrected chi connectivity index (χ1v) is 27.2. The van der Waals surface area contributed by atoms with Crippen LogP contribution in [0.3, 0.4) is 0 Å². The molecular weight excluding hydrogens is 758 g/mol. The summed E-state index contributed by atoms with van der Waals surface area (Å²) in [4.78, 5) is 22.6. The second-order valence-electron chi connectivity index (χ2n) is 17.4. The van der Waals surface area contributed by atoms with Gasteiger partial charge in [-0.1, -0.05) is 231 Å². The van der Waals surface area contributed by atoms with E-state index in [2.05, 4.69) is 26.0 Å². The Hall–Kier alpha value is -0.760. The van der Waals surface area contributed by atoms with Crippen molar-refractivity contribution in [3.63, 3.8) is 0 Å². The number of carbonyl (C=O) groups is 1. The number of carbonyl (C=O) groups excluding carboxylic acids is 1. The van der Waals surface area contributed by atoms with Crippen molar-refractivity contribution in [3.05, 3.63) is 12.2 Å². The van der Waals surface area contributed by atoms with Crippen LogP contribution in [-0.4, -0.2) is 49.9 Å². The number of phosphoric acid groups is 1. The molecule has 0 aliphatic heterocycles. The molecule has 0 bridgehead atoms. The molecule has 0 aromatic heterocycles. The summed E-state index contributed by atoms with van der Waals surface area (Å²) in [6.45, 7) is 4.98. The Kier molecular flexibility index (Phi) is 47.7. The molecule has 9 heteroatoms. The highest BCUT2D eigenvalue weighted by molar-refractivity contribution is 7.47. The van der Waals surface area contributed by atoms with Gasteiger partial charge in [-0.25, -0.2) is 4.57 Å². The van der Waals surface area contributed by atoms with Crippen molar-refractivity contribution in [2.45, 2.75) is 270 Å². The van der Waals surface area contributed by atoms with Crippen LogP contribution in [0.2, 0.25) is 0 Å². The fourth-order valence-electron chi connectivity index (χ4n) is 7.64. The second-order valence-corrected chi connectivity index (χ2v) is 18.8. The van der Waals surface area contributed by atoms with Gasteiger partial charge < -0.3 is 20.1 Å². The van der Waals surface area contributed by atoms with Crippen LogP contribution < -0.4 is 5.73 Å². The van der Waals surface area contributed by atoms with E-state index in [1.807, 2.05) is 0 Å². The van der Waals surface area contributed by atoms with Crippen LogP contribution in [0.15, 0.2) is 12.2 Å². The Balaban J connectivity index is 3.88. The third kappa shape index (κ3) is 48.1. The molecule has 2 unspecified atom stereocenters. The van der Waals surface area contributed by atoms with E-state index in [-0.39, 0.29) is 32.3 Å². The summed E-state index contributed by atoms with van der Waals surface area (Å²) in [5.74, 6) is -0.329. The van der Waals surface area contributed by atoms with Crippen LogP contribution in [0, 0.1) is 0 Å². The number of allylic oxidation sites excluding steroid dienone is 2. The molecule has 0 spiro atoms. The highest BCUT2D eigenvalue weighted by Crippen LogP contribution is 2.43. The Bertz CT molecular complexity index is 920. The molecule has 0 rings (SSSR count). The van der Waals surface area contributed by atoms with E-state index in [1.54, 1.807) is 0 Å². The van der Waals surface area contributed by atoms with E-state index < -0.39 is 13.9 Å². The van der Waals surface area contributed by atoms with Gasteiger partial charge in [-0.15, -0.1) is 0 Å². The standard InChI is InChI=1S/C50H100NO7P/c1-3-5-7-9-11-13-15-17-19-21-22-23-24-25-26-28-30-32-34-36-38-40-42-45-55-47-49(48-57-59(53,54)56-46-44-51)58-50(52)43-41-39-37-35-33-31-29-27-20-18-16-14-12-10-8-6-4-2/h18,20,49H,3-17,19,21-48,51H2,1-2H3,(H,53,54)/b20-18-. The first-order valence-electron chi connectivity index (χ1n) is 25.7. The number of esters is 1. The second kappa shape index (κ2) is 48.3. The van der Waals surface area contributed by atoms with Gasteiger partial charge in [0.2, 0.25) is 0 Å². The lowest BCUT2D eigenvalue weighted by Gasteiger charge is -2.20. The van der Waals surface area contributed by atoms with E-state index in [1.165, 1.54) is 212 Å². The van der Waals surface area contributed by atoms with Crippen LogP contribution >= 0.6 is 7.82 Å². The molecule has 0 saturated carbocycles. The van der Waals surface area contributed by atoms with E-state index >= 15 is 0 Å². The van der Waals surface area contributed by atoms with Gasteiger partial charge in [-0.05, 0) is 38.5 Å². The molecule has 0 heterocycles. The smallest absolute Gasteiger partial charge is 0.457 e. The number of ether oxygens (including phenoxy) is 2. The van der Waals surface area contributed by atoms with Crippen molar-refractivity contribution in [1.29, 1.82) is 0 Å². The van der Waals surface area contributed by atoms with Crippen molar-refractivity contribution in [2.24, 2.45) is 5.73 Å². The molecule has 0 radical (unpaired) electrons. The van der Waals surface area contributed by atoms with Crippen LogP contribution in [0.5, 0.6) is 0 Å². The molecule has 0 aromatic rings. The van der Waals surface area contributed by atoms with Gasteiger partial charge in [0.05, 0.1) is 19.8 Å². The average molecular weight is 858 g/mol. The molecule has 2 atom stereocenters. The molecule has 8 nitrogen and oxygen atoms in total. The normalized spacial score (nSPS) is 13.4. The summed E-state index contributed by atoms with van der Waals surface area (Å²) < 4.78 is 33.6. The number of hydrogen-bond acceptors (Lipinski definition) is 7. The number of nitrogens with two attached hydrogens (primary N) is 1. The first kappa shape index (κ1) is 58.2. The molecule has 0 aliphatic rings. The SMILES string of the molecule is CCCCCCCC/C=C\CCCCCCCCCC(=O)OC(COCCCCCCCCCCCCCCCCCCCCCCCCC)COP(=O)(O)OCCN. The Labute approximate surface area is 366 Å². The van der Waals surface area contributed by atoms with Gasteiger partial charge in [0.25, 0.3) is 0 Å². The van der Waals surface area contributed by atoms with E-state index in [9.17, 15) is 14.3 Å². The fraction of sp³-hybridized carbons (Fsp3) is 0.940. The maximum atomic E-state index is 12.6. The molecule has 59 heavy (non-hydrogen) atoms. The zero-order chi connectivity index (χ0) is 43.0. The first-order chi connectivity index (χ1) is 28.9. The lowest BCUT2D eigenvalue weighted by molar-refractivity contribution is -0.154. The summed E-state index contributed by atoms with van der Waals surface area (Å²) in [5, 5.41) is 0. The number of hydrogen-bond donors (Lipinski definition) is 2. The molecule has 3 N–H and O–H groups in total. The molecule has 0 aromatic carbocycles. The minimum atomic E-state index is -4.28. The largest absolute Gasteiger partial charge is 0.472 e. The highest BCUT2D eigenvalue weighted by atomic mass is 31.2. The summed E-state index contributed by atoms with van der Waals surface area (Å²) in [6.07, 6.45) is 53.9. The molecule has 352 valence electrons. The minimum absolute atomic E-state index is 0.0926. The van der Waals surface area contributed by atoms with Gasteiger partial charge in [-0.3, -0.25) is 13.8 Å². The van der Waals surface area contributed by atoms with Gasteiger partial charge in [0.15, 0.2) is 0 Å². The maximum Gasteiger partial charge on any atom is 0.472 e. The Morgan fingerprint density at radius 1 is 0.492 bits per heavy atom. The van der Waals surface area contributed by atoms with Crippen molar-refractivity contribution in [2.75, 3.05) is 33.0 Å².